The van der Waals surface area contributed by atoms with Crippen LogP contribution in [0.4, 0.5) is 0 Å². The van der Waals surface area contributed by atoms with E-state index < -0.39 is 0 Å². The van der Waals surface area contributed by atoms with E-state index in [4.69, 9.17) is 0 Å². The predicted octanol–water partition coefficient (Wildman–Crippen LogP) is 7.17. The largest absolute Gasteiger partial charge is 0.0808 e. The summed E-state index contributed by atoms with van der Waals surface area (Å²) in [6.07, 6.45) is 10.3. The highest BCUT2D eigenvalue weighted by molar-refractivity contribution is 5.21. The minimum Gasteiger partial charge on any atom is -0.0808 e. The van der Waals surface area contributed by atoms with E-state index in [1.807, 2.05) is 100 Å². The number of rotatable bonds is 0. The molecule has 2 aromatic carbocycles. The molecule has 0 N–H and O–H groups in total. The van der Waals surface area contributed by atoms with E-state index in [1.165, 1.54) is 6.42 Å². The molecule has 0 amide bonds. The lowest BCUT2D eigenvalue weighted by atomic mass is 10.2. The second kappa shape index (κ2) is 16.3. The molecular weight excluding hydrogens is 276 g/mol. The molecule has 0 aromatic heterocycles. The normalized spacial score (nSPS) is 17.9. The summed E-state index contributed by atoms with van der Waals surface area (Å²) in [5, 5.41) is 0. The molecular formula is C23H32. The fourth-order valence-corrected chi connectivity index (χ4v) is 1.86. The van der Waals surface area contributed by atoms with E-state index in [9.17, 15) is 0 Å². The Morgan fingerprint density at radius 2 is 0.652 bits per heavy atom. The molecule has 4 rings (SSSR count). The van der Waals surface area contributed by atoms with E-state index in [2.05, 4.69) is 24.3 Å². The summed E-state index contributed by atoms with van der Waals surface area (Å²) in [7, 11) is 0. The van der Waals surface area contributed by atoms with E-state index in [0.29, 0.717) is 0 Å². The average Bonchev–Trinajstić information content (AvgIpc) is 3.49. The van der Waals surface area contributed by atoms with E-state index in [-0.39, 0.29) is 0 Å². The summed E-state index contributed by atoms with van der Waals surface area (Å²) in [6, 6.07) is 24.0. The number of fused-ring (bicyclic) bond motifs is 1. The lowest BCUT2D eigenvalue weighted by Crippen LogP contribution is -1.74. The summed E-state index contributed by atoms with van der Waals surface area (Å²) in [4.78, 5) is 0. The fraction of sp³-hybridized carbons (Fsp3) is 0.304. The molecule has 0 bridgehead atoms. The van der Waals surface area contributed by atoms with Gasteiger partial charge in [0, 0.05) is 0 Å². The van der Waals surface area contributed by atoms with Gasteiger partial charge in [0.25, 0.3) is 0 Å². The van der Waals surface area contributed by atoms with Gasteiger partial charge in [-0.1, -0.05) is 125 Å². The summed E-state index contributed by atoms with van der Waals surface area (Å²) >= 11 is 0. The fourth-order valence-electron chi connectivity index (χ4n) is 1.86. The van der Waals surface area contributed by atoms with Crippen molar-refractivity contribution < 1.29 is 0 Å². The van der Waals surface area contributed by atoms with Crippen LogP contribution in [0, 0.1) is 11.8 Å². The number of hydrogen-bond donors (Lipinski definition) is 0. The summed E-state index contributed by atoms with van der Waals surface area (Å²) in [5.41, 5.74) is 0. The van der Waals surface area contributed by atoms with Crippen LogP contribution < -0.4 is 0 Å². The molecule has 0 heterocycles. The molecule has 2 aliphatic rings. The van der Waals surface area contributed by atoms with Gasteiger partial charge in [0.05, 0.1) is 0 Å². The van der Waals surface area contributed by atoms with Crippen LogP contribution >= 0.6 is 0 Å². The Hall–Kier alpha value is -2.08. The number of hydrogen-bond acceptors (Lipinski definition) is 0. The van der Waals surface area contributed by atoms with Crippen molar-refractivity contribution in [2.24, 2.45) is 11.8 Å². The lowest BCUT2D eigenvalue weighted by molar-refractivity contribution is 0.981. The van der Waals surface area contributed by atoms with Crippen LogP contribution in [0.1, 0.15) is 34.1 Å². The molecule has 2 aromatic rings. The topological polar surface area (TPSA) is 0 Å². The van der Waals surface area contributed by atoms with Gasteiger partial charge in [-0.2, -0.15) is 0 Å². The van der Waals surface area contributed by atoms with Crippen molar-refractivity contribution in [3.8, 4) is 0 Å². The van der Waals surface area contributed by atoms with E-state index >= 15 is 0 Å². The zero-order chi connectivity index (χ0) is 17.2. The third-order valence-corrected chi connectivity index (χ3v) is 3.05. The smallest absolute Gasteiger partial charge is 0.0161 e. The molecule has 0 saturated heterocycles. The Morgan fingerprint density at radius 1 is 0.435 bits per heavy atom. The molecule has 2 aliphatic carbocycles. The van der Waals surface area contributed by atoms with E-state index in [0.717, 1.165) is 11.8 Å². The monoisotopic (exact) mass is 308 g/mol. The van der Waals surface area contributed by atoms with Crippen molar-refractivity contribution in [2.45, 2.75) is 34.1 Å². The van der Waals surface area contributed by atoms with Gasteiger partial charge in [0.15, 0.2) is 0 Å². The summed E-state index contributed by atoms with van der Waals surface area (Å²) in [5.74, 6) is 1.87. The number of allylic oxidation sites excluding steroid dienone is 4. The zero-order valence-corrected chi connectivity index (χ0v) is 15.1. The molecule has 0 spiro atoms. The van der Waals surface area contributed by atoms with Crippen LogP contribution in [0.25, 0.3) is 0 Å². The van der Waals surface area contributed by atoms with Gasteiger partial charge in [-0.25, -0.2) is 0 Å². The third-order valence-electron chi connectivity index (χ3n) is 3.05. The molecule has 0 aliphatic heterocycles. The Kier molecular flexibility index (Phi) is 14.8. The van der Waals surface area contributed by atoms with Crippen LogP contribution in [0.2, 0.25) is 0 Å². The van der Waals surface area contributed by atoms with Gasteiger partial charge >= 0.3 is 0 Å². The first-order valence-corrected chi connectivity index (χ1v) is 8.82. The minimum absolute atomic E-state index is 0.935. The minimum atomic E-state index is 0.935. The molecule has 23 heavy (non-hydrogen) atoms. The van der Waals surface area contributed by atoms with Gasteiger partial charge in [-0.05, 0) is 18.3 Å². The average molecular weight is 309 g/mol. The maximum Gasteiger partial charge on any atom is -0.0161 e. The van der Waals surface area contributed by atoms with Crippen LogP contribution in [0.5, 0.6) is 0 Å². The summed E-state index contributed by atoms with van der Waals surface area (Å²) < 4.78 is 0. The van der Waals surface area contributed by atoms with Crippen LogP contribution in [-0.2, 0) is 0 Å². The second-order valence-corrected chi connectivity index (χ2v) is 4.64. The Labute approximate surface area is 143 Å². The van der Waals surface area contributed by atoms with Gasteiger partial charge < -0.3 is 0 Å². The first-order valence-electron chi connectivity index (χ1n) is 8.82. The standard InChI is InChI=1S/C7H8.2C6H6.2C2H6/c1-2-4-7-5-6(7)3-1;2*1-2-4-6-5-3-1;2*1-2/h1-4,6-7H,5H2;2*1-6H;2*1-2H3. The van der Waals surface area contributed by atoms with Crippen molar-refractivity contribution in [3.63, 3.8) is 0 Å². The second-order valence-electron chi connectivity index (χ2n) is 4.64. The Bertz CT molecular complexity index is 381. The zero-order valence-electron chi connectivity index (χ0n) is 15.1. The van der Waals surface area contributed by atoms with Crippen LogP contribution in [-0.4, -0.2) is 0 Å². The highest BCUT2D eigenvalue weighted by Crippen LogP contribution is 2.42. The Morgan fingerprint density at radius 3 is 0.826 bits per heavy atom. The van der Waals surface area contributed by atoms with Gasteiger partial charge in [-0.15, -0.1) is 0 Å². The molecule has 2 atom stereocenters. The van der Waals surface area contributed by atoms with Crippen molar-refractivity contribution in [1.29, 1.82) is 0 Å². The molecule has 0 heteroatoms. The van der Waals surface area contributed by atoms with Gasteiger partial charge in [0.2, 0.25) is 0 Å². The van der Waals surface area contributed by atoms with Crippen molar-refractivity contribution in [2.75, 3.05) is 0 Å². The molecule has 124 valence electrons. The molecule has 1 saturated carbocycles. The maximum absolute atomic E-state index is 2.30. The highest BCUT2D eigenvalue weighted by atomic mass is 14.4. The third kappa shape index (κ3) is 12.2. The van der Waals surface area contributed by atoms with Crippen LogP contribution in [0.15, 0.2) is 97.1 Å². The Balaban J connectivity index is 0.000000286. The van der Waals surface area contributed by atoms with Crippen molar-refractivity contribution >= 4 is 0 Å². The lowest BCUT2D eigenvalue weighted by Gasteiger charge is -1.87. The van der Waals surface area contributed by atoms with Crippen LogP contribution in [0.3, 0.4) is 0 Å². The van der Waals surface area contributed by atoms with Gasteiger partial charge in [-0.3, -0.25) is 0 Å². The highest BCUT2D eigenvalue weighted by Gasteiger charge is 2.32. The van der Waals surface area contributed by atoms with E-state index in [1.54, 1.807) is 0 Å². The predicted molar refractivity (Wildman–Crippen MR) is 105 cm³/mol. The SMILES string of the molecule is C1=CC2CC2C=C1.CC.CC.c1ccccc1.c1ccccc1. The van der Waals surface area contributed by atoms with Crippen molar-refractivity contribution in [3.05, 3.63) is 97.1 Å². The maximum atomic E-state index is 2.30. The summed E-state index contributed by atoms with van der Waals surface area (Å²) in [6.45, 7) is 8.00. The first kappa shape index (κ1) is 20.9. The molecule has 0 nitrogen and oxygen atoms in total. The molecule has 1 fully saturated rings. The molecule has 0 radical (unpaired) electrons. The van der Waals surface area contributed by atoms with Gasteiger partial charge in [0.1, 0.15) is 0 Å². The van der Waals surface area contributed by atoms with Crippen molar-refractivity contribution in [1.82, 2.24) is 0 Å². The quantitative estimate of drug-likeness (QED) is 0.483. The number of benzene rings is 2. The molecule has 2 unspecified atom stereocenters. The first-order chi connectivity index (χ1) is 11.5.